The summed E-state index contributed by atoms with van der Waals surface area (Å²) in [5.74, 6) is -3.08. The Morgan fingerprint density at radius 3 is 2.41 bits per heavy atom. The Morgan fingerprint density at radius 2 is 1.86 bits per heavy atom. The van der Waals surface area contributed by atoms with Crippen molar-refractivity contribution in [3.05, 3.63) is 29.8 Å². The maximum absolute atomic E-state index is 12.8. The Hall–Kier alpha value is -2.02. The molecule has 0 aliphatic carbocycles. The molecule has 0 spiro atoms. The van der Waals surface area contributed by atoms with Gasteiger partial charge in [0.25, 0.3) is 5.92 Å². The van der Waals surface area contributed by atoms with Crippen LogP contribution in [0, 0.1) is 0 Å². The molecule has 0 bridgehead atoms. The summed E-state index contributed by atoms with van der Waals surface area (Å²) in [4.78, 5) is 23.3. The van der Waals surface area contributed by atoms with Gasteiger partial charge in [-0.05, 0) is 30.7 Å². The van der Waals surface area contributed by atoms with Gasteiger partial charge in [0, 0.05) is 18.4 Å². The molecule has 1 aromatic carbocycles. The first kappa shape index (κ1) is 18.0. The van der Waals surface area contributed by atoms with E-state index < -0.39 is 24.9 Å². The van der Waals surface area contributed by atoms with Crippen LogP contribution in [0.1, 0.15) is 29.6 Å². The van der Waals surface area contributed by atoms with Gasteiger partial charge in [0.1, 0.15) is 5.75 Å². The molecule has 5 nitrogen and oxygen atoms in total. The van der Waals surface area contributed by atoms with Crippen LogP contribution in [0.4, 0.5) is 8.78 Å². The molecule has 7 heteroatoms. The number of halogens is 2. The van der Waals surface area contributed by atoms with E-state index in [9.17, 15) is 18.4 Å². The van der Waals surface area contributed by atoms with Crippen LogP contribution >= 0.6 is 0 Å². The molecule has 3 N–H and O–H groups in total. The number of nitrogens with one attached hydrogen (secondary N) is 1. The first-order chi connectivity index (χ1) is 10.4. The van der Waals surface area contributed by atoms with Gasteiger partial charge in [-0.3, -0.25) is 9.59 Å². The monoisotopic (exact) mass is 314 g/mol. The molecular formula is C15H20F2N2O3. The lowest BCUT2D eigenvalue weighted by Crippen LogP contribution is -2.41. The highest BCUT2D eigenvalue weighted by atomic mass is 19.3. The predicted octanol–water partition coefficient (Wildman–Crippen LogP) is 1.76. The number of carbonyl (C=O) groups excluding carboxylic acids is 2. The summed E-state index contributed by atoms with van der Waals surface area (Å²) in [7, 11) is 1.53. The van der Waals surface area contributed by atoms with Crippen molar-refractivity contribution < 1.29 is 23.1 Å². The number of hydrogen-bond acceptors (Lipinski definition) is 4. The molecule has 0 unspecified atom stereocenters. The molecule has 0 aliphatic rings. The lowest BCUT2D eigenvalue weighted by Gasteiger charge is -2.14. The Morgan fingerprint density at radius 1 is 1.23 bits per heavy atom. The third kappa shape index (κ3) is 6.17. The number of ketones is 1. The van der Waals surface area contributed by atoms with Crippen LogP contribution in [0.25, 0.3) is 0 Å². The standard InChI is InChI=1S/C15H20F2N2O3/c1-22-12-7-5-11(6-8-12)13(20)3-2-4-14(21)19-10-15(16,17)9-18/h5-8H,2-4,9-10,18H2,1H3,(H,19,21). The van der Waals surface area contributed by atoms with Gasteiger partial charge in [0.15, 0.2) is 5.78 Å². The molecule has 0 radical (unpaired) electrons. The molecule has 0 saturated heterocycles. The minimum absolute atomic E-state index is 0.0164. The highest BCUT2D eigenvalue weighted by Gasteiger charge is 2.26. The summed E-state index contributed by atoms with van der Waals surface area (Å²) in [5, 5.41) is 2.11. The summed E-state index contributed by atoms with van der Waals surface area (Å²) in [6.07, 6.45) is 0.487. The van der Waals surface area contributed by atoms with Crippen molar-refractivity contribution in [3.63, 3.8) is 0 Å². The first-order valence-electron chi connectivity index (χ1n) is 6.90. The molecule has 0 aromatic heterocycles. The predicted molar refractivity (Wildman–Crippen MR) is 78.2 cm³/mol. The van der Waals surface area contributed by atoms with E-state index in [2.05, 4.69) is 5.32 Å². The Kier molecular flexibility index (Phi) is 6.91. The van der Waals surface area contributed by atoms with Crippen LogP contribution in [0.2, 0.25) is 0 Å². The molecule has 1 amide bonds. The van der Waals surface area contributed by atoms with Gasteiger partial charge in [0.05, 0.1) is 20.2 Å². The highest BCUT2D eigenvalue weighted by molar-refractivity contribution is 5.96. The lowest BCUT2D eigenvalue weighted by atomic mass is 10.1. The third-order valence-electron chi connectivity index (χ3n) is 3.06. The Bertz CT molecular complexity index is 504. The van der Waals surface area contributed by atoms with Gasteiger partial charge in [-0.25, -0.2) is 8.78 Å². The molecule has 0 fully saturated rings. The van der Waals surface area contributed by atoms with E-state index in [-0.39, 0.29) is 18.6 Å². The van der Waals surface area contributed by atoms with Crippen LogP contribution in [0.5, 0.6) is 5.75 Å². The number of alkyl halides is 2. The van der Waals surface area contributed by atoms with Crippen molar-refractivity contribution in [1.82, 2.24) is 5.32 Å². The lowest BCUT2D eigenvalue weighted by molar-refractivity contribution is -0.122. The van der Waals surface area contributed by atoms with E-state index in [0.717, 1.165) is 0 Å². The summed E-state index contributed by atoms with van der Waals surface area (Å²) < 4.78 is 30.7. The molecule has 122 valence electrons. The fraction of sp³-hybridized carbons (Fsp3) is 0.467. The molecule has 0 saturated carbocycles. The van der Waals surface area contributed by atoms with E-state index in [1.165, 1.54) is 7.11 Å². The molecule has 0 aliphatic heterocycles. The zero-order valence-electron chi connectivity index (χ0n) is 12.4. The topological polar surface area (TPSA) is 81.4 Å². The van der Waals surface area contributed by atoms with E-state index in [0.29, 0.717) is 17.7 Å². The van der Waals surface area contributed by atoms with Crippen LogP contribution in [0.15, 0.2) is 24.3 Å². The zero-order chi connectivity index (χ0) is 16.6. The fourth-order valence-corrected chi connectivity index (χ4v) is 1.72. The number of ether oxygens (including phenoxy) is 1. The van der Waals surface area contributed by atoms with Crippen molar-refractivity contribution in [3.8, 4) is 5.75 Å². The average Bonchev–Trinajstić information content (AvgIpc) is 2.53. The summed E-state index contributed by atoms with van der Waals surface area (Å²) >= 11 is 0. The average molecular weight is 314 g/mol. The normalized spacial score (nSPS) is 11.1. The number of amides is 1. The number of methoxy groups -OCH3 is 1. The minimum Gasteiger partial charge on any atom is -0.497 e. The fourth-order valence-electron chi connectivity index (χ4n) is 1.72. The van der Waals surface area contributed by atoms with E-state index in [1.54, 1.807) is 24.3 Å². The maximum Gasteiger partial charge on any atom is 0.277 e. The molecule has 0 atom stereocenters. The van der Waals surface area contributed by atoms with Gasteiger partial charge >= 0.3 is 0 Å². The SMILES string of the molecule is COc1ccc(C(=O)CCCC(=O)NCC(F)(F)CN)cc1. The number of rotatable bonds is 9. The van der Waals surface area contributed by atoms with Crippen molar-refractivity contribution >= 4 is 11.7 Å². The summed E-state index contributed by atoms with van der Waals surface area (Å²) in [5.41, 5.74) is 5.39. The number of hydrogen-bond donors (Lipinski definition) is 2. The first-order valence-corrected chi connectivity index (χ1v) is 6.90. The van der Waals surface area contributed by atoms with Crippen molar-refractivity contribution in [2.24, 2.45) is 5.73 Å². The molecule has 0 heterocycles. The third-order valence-corrected chi connectivity index (χ3v) is 3.06. The number of nitrogens with two attached hydrogens (primary N) is 1. The van der Waals surface area contributed by atoms with Crippen molar-refractivity contribution in [2.75, 3.05) is 20.2 Å². The van der Waals surface area contributed by atoms with Gasteiger partial charge < -0.3 is 15.8 Å². The number of carbonyl (C=O) groups is 2. The van der Waals surface area contributed by atoms with Crippen molar-refractivity contribution in [2.45, 2.75) is 25.2 Å². The molecular weight excluding hydrogens is 294 g/mol. The minimum atomic E-state index is -3.10. The zero-order valence-corrected chi connectivity index (χ0v) is 12.4. The number of Topliss-reactive ketones (excluding diaryl/α,β-unsaturated/α-hetero) is 1. The van der Waals surface area contributed by atoms with Gasteiger partial charge in [0.2, 0.25) is 5.91 Å². The van der Waals surface area contributed by atoms with Gasteiger partial charge in [-0.15, -0.1) is 0 Å². The smallest absolute Gasteiger partial charge is 0.277 e. The molecule has 1 aromatic rings. The maximum atomic E-state index is 12.8. The Labute approximate surface area is 127 Å². The molecule has 22 heavy (non-hydrogen) atoms. The number of benzene rings is 1. The second-order valence-electron chi connectivity index (χ2n) is 4.84. The largest absolute Gasteiger partial charge is 0.497 e. The summed E-state index contributed by atoms with van der Waals surface area (Å²) in [6.45, 7) is -1.60. The highest BCUT2D eigenvalue weighted by Crippen LogP contribution is 2.14. The second kappa shape index (κ2) is 8.43. The van der Waals surface area contributed by atoms with Crippen LogP contribution in [0.3, 0.4) is 0 Å². The second-order valence-corrected chi connectivity index (χ2v) is 4.84. The Balaban J connectivity index is 2.31. The van der Waals surface area contributed by atoms with Crippen LogP contribution in [-0.2, 0) is 4.79 Å². The quantitative estimate of drug-likeness (QED) is 0.681. The van der Waals surface area contributed by atoms with Gasteiger partial charge in [-0.1, -0.05) is 0 Å². The van der Waals surface area contributed by atoms with E-state index in [4.69, 9.17) is 10.5 Å². The van der Waals surface area contributed by atoms with Crippen LogP contribution < -0.4 is 15.8 Å². The molecule has 1 rings (SSSR count). The van der Waals surface area contributed by atoms with E-state index in [1.807, 2.05) is 0 Å². The van der Waals surface area contributed by atoms with Crippen LogP contribution in [-0.4, -0.2) is 37.8 Å². The van der Waals surface area contributed by atoms with Crippen molar-refractivity contribution in [1.29, 1.82) is 0 Å². The van der Waals surface area contributed by atoms with Gasteiger partial charge in [-0.2, -0.15) is 0 Å². The van der Waals surface area contributed by atoms with E-state index >= 15 is 0 Å². The summed E-state index contributed by atoms with van der Waals surface area (Å²) in [6, 6.07) is 6.63.